The molecule has 1 unspecified atom stereocenters. The zero-order chi connectivity index (χ0) is 13.8. The van der Waals surface area contributed by atoms with E-state index in [-0.39, 0.29) is 23.3 Å². The van der Waals surface area contributed by atoms with Crippen LogP contribution in [0.3, 0.4) is 0 Å². The smallest absolute Gasteiger partial charge is 0.158 e. The third kappa shape index (κ3) is 2.80. The zero-order valence-electron chi connectivity index (χ0n) is 11.1. The van der Waals surface area contributed by atoms with Gasteiger partial charge in [-0.1, -0.05) is 37.3 Å². The van der Waals surface area contributed by atoms with Crippen LogP contribution in [0.25, 0.3) is 0 Å². The van der Waals surface area contributed by atoms with Crippen molar-refractivity contribution in [2.45, 2.75) is 38.5 Å². The van der Waals surface area contributed by atoms with Gasteiger partial charge in [0.1, 0.15) is 5.92 Å². The Morgan fingerprint density at radius 3 is 2.26 bits per heavy atom. The zero-order valence-corrected chi connectivity index (χ0v) is 11.1. The monoisotopic (exact) mass is 258 g/mol. The minimum absolute atomic E-state index is 0.198. The molecule has 0 heterocycles. The highest BCUT2D eigenvalue weighted by Crippen LogP contribution is 2.28. The van der Waals surface area contributed by atoms with Crippen molar-refractivity contribution in [2.75, 3.05) is 0 Å². The topological polar surface area (TPSA) is 51.2 Å². The van der Waals surface area contributed by atoms with Gasteiger partial charge in [0.05, 0.1) is 0 Å². The van der Waals surface area contributed by atoms with Crippen LogP contribution in [0.2, 0.25) is 0 Å². The average Bonchev–Trinajstić information content (AvgIpc) is 2.40. The molecule has 1 aromatic carbocycles. The van der Waals surface area contributed by atoms with E-state index in [2.05, 4.69) is 0 Å². The van der Waals surface area contributed by atoms with Crippen LogP contribution in [0.5, 0.6) is 0 Å². The Morgan fingerprint density at radius 1 is 1.16 bits per heavy atom. The van der Waals surface area contributed by atoms with E-state index >= 15 is 0 Å². The average molecular weight is 258 g/mol. The Labute approximate surface area is 113 Å². The molecule has 0 bridgehead atoms. The molecule has 1 saturated carbocycles. The summed E-state index contributed by atoms with van der Waals surface area (Å²) in [5.41, 5.74) is 0.890. The van der Waals surface area contributed by atoms with E-state index in [1.54, 1.807) is 0 Å². The molecule has 0 saturated heterocycles. The number of hydrogen-bond donors (Lipinski definition) is 0. The van der Waals surface area contributed by atoms with E-state index in [1.165, 1.54) is 0 Å². The summed E-state index contributed by atoms with van der Waals surface area (Å²) in [7, 11) is 0. The molecule has 1 aliphatic carbocycles. The Morgan fingerprint density at radius 2 is 1.74 bits per heavy atom. The Bertz CT molecular complexity index is 474. The van der Waals surface area contributed by atoms with E-state index in [4.69, 9.17) is 0 Å². The van der Waals surface area contributed by atoms with Crippen molar-refractivity contribution < 1.29 is 14.4 Å². The van der Waals surface area contributed by atoms with Crippen molar-refractivity contribution in [2.24, 2.45) is 5.92 Å². The maximum absolute atomic E-state index is 12.5. The highest BCUT2D eigenvalue weighted by atomic mass is 16.2. The molecule has 1 aliphatic rings. The molecule has 3 heteroatoms. The van der Waals surface area contributed by atoms with E-state index in [0.29, 0.717) is 25.7 Å². The van der Waals surface area contributed by atoms with E-state index in [0.717, 1.165) is 5.56 Å². The van der Waals surface area contributed by atoms with E-state index in [1.807, 2.05) is 37.3 Å². The first kappa shape index (κ1) is 13.7. The van der Waals surface area contributed by atoms with Crippen LogP contribution in [0.1, 0.15) is 44.1 Å². The van der Waals surface area contributed by atoms with Crippen molar-refractivity contribution in [1.82, 2.24) is 0 Å². The molecular formula is C16H18O3. The fraction of sp³-hybridized carbons (Fsp3) is 0.438. The predicted molar refractivity (Wildman–Crippen MR) is 71.8 cm³/mol. The molecule has 0 radical (unpaired) electrons. The lowest BCUT2D eigenvalue weighted by atomic mass is 9.77. The van der Waals surface area contributed by atoms with Gasteiger partial charge in [-0.15, -0.1) is 0 Å². The summed E-state index contributed by atoms with van der Waals surface area (Å²) in [6.45, 7) is 1.91. The molecule has 0 aromatic heterocycles. The van der Waals surface area contributed by atoms with Gasteiger partial charge in [-0.3, -0.25) is 14.4 Å². The van der Waals surface area contributed by atoms with Crippen molar-refractivity contribution >= 4 is 17.3 Å². The molecule has 1 aromatic rings. The van der Waals surface area contributed by atoms with Gasteiger partial charge in [0.2, 0.25) is 0 Å². The molecule has 0 amide bonds. The molecule has 19 heavy (non-hydrogen) atoms. The lowest BCUT2D eigenvalue weighted by molar-refractivity contribution is -0.142. The van der Waals surface area contributed by atoms with Crippen LogP contribution in [-0.4, -0.2) is 17.3 Å². The second kappa shape index (κ2) is 5.91. The summed E-state index contributed by atoms with van der Waals surface area (Å²) >= 11 is 0. The van der Waals surface area contributed by atoms with Crippen LogP contribution in [-0.2, 0) is 14.4 Å². The summed E-state index contributed by atoms with van der Waals surface area (Å²) in [5.74, 6) is -1.98. The molecular weight excluding hydrogens is 240 g/mol. The molecule has 0 spiro atoms. The van der Waals surface area contributed by atoms with Crippen LogP contribution < -0.4 is 0 Å². The summed E-state index contributed by atoms with van der Waals surface area (Å²) < 4.78 is 0. The second-order valence-electron chi connectivity index (χ2n) is 4.99. The first-order valence-electron chi connectivity index (χ1n) is 6.79. The first-order valence-corrected chi connectivity index (χ1v) is 6.79. The molecule has 1 atom stereocenters. The molecule has 100 valence electrons. The quantitative estimate of drug-likeness (QED) is 0.780. The normalized spacial score (nSPS) is 18.4. The highest BCUT2D eigenvalue weighted by molar-refractivity contribution is 6.21. The van der Waals surface area contributed by atoms with Crippen LogP contribution in [0.15, 0.2) is 30.3 Å². The van der Waals surface area contributed by atoms with Crippen molar-refractivity contribution in [1.29, 1.82) is 0 Å². The van der Waals surface area contributed by atoms with Crippen molar-refractivity contribution in [3.8, 4) is 0 Å². The molecule has 0 N–H and O–H groups in total. The third-order valence-corrected chi connectivity index (χ3v) is 3.73. The van der Waals surface area contributed by atoms with Crippen LogP contribution in [0.4, 0.5) is 0 Å². The number of ketones is 3. The summed E-state index contributed by atoms with van der Waals surface area (Å²) in [5, 5.41) is 0. The number of hydrogen-bond acceptors (Lipinski definition) is 3. The predicted octanol–water partition coefficient (Wildman–Crippen LogP) is 2.69. The van der Waals surface area contributed by atoms with Crippen LogP contribution in [0, 0.1) is 5.92 Å². The summed E-state index contributed by atoms with van der Waals surface area (Å²) in [6, 6.07) is 9.39. The van der Waals surface area contributed by atoms with Crippen molar-refractivity contribution in [3.63, 3.8) is 0 Å². The Hall–Kier alpha value is -1.77. The SMILES string of the molecule is CCC(C(=O)C1C(=O)CCCC1=O)c1ccccc1. The van der Waals surface area contributed by atoms with Gasteiger partial charge in [-0.25, -0.2) is 0 Å². The lowest BCUT2D eigenvalue weighted by Gasteiger charge is -2.23. The van der Waals surface area contributed by atoms with Gasteiger partial charge < -0.3 is 0 Å². The van der Waals surface area contributed by atoms with Gasteiger partial charge in [-0.05, 0) is 18.4 Å². The van der Waals surface area contributed by atoms with Gasteiger partial charge in [-0.2, -0.15) is 0 Å². The minimum Gasteiger partial charge on any atom is -0.298 e. The lowest BCUT2D eigenvalue weighted by Crippen LogP contribution is -2.37. The van der Waals surface area contributed by atoms with Crippen LogP contribution >= 0.6 is 0 Å². The Kier molecular flexibility index (Phi) is 4.25. The number of rotatable bonds is 4. The third-order valence-electron chi connectivity index (χ3n) is 3.73. The number of Topliss-reactive ketones (excluding diaryl/α,β-unsaturated/α-hetero) is 3. The maximum atomic E-state index is 12.5. The molecule has 0 aliphatic heterocycles. The first-order chi connectivity index (χ1) is 9.15. The largest absolute Gasteiger partial charge is 0.298 e. The summed E-state index contributed by atoms with van der Waals surface area (Å²) in [4.78, 5) is 36.2. The maximum Gasteiger partial charge on any atom is 0.158 e. The molecule has 2 rings (SSSR count). The van der Waals surface area contributed by atoms with E-state index in [9.17, 15) is 14.4 Å². The van der Waals surface area contributed by atoms with E-state index < -0.39 is 5.92 Å². The van der Waals surface area contributed by atoms with Gasteiger partial charge >= 0.3 is 0 Å². The van der Waals surface area contributed by atoms with Gasteiger partial charge in [0.15, 0.2) is 17.3 Å². The standard InChI is InChI=1S/C16H18O3/c1-2-12(11-7-4-3-5-8-11)16(19)15-13(17)9-6-10-14(15)18/h3-5,7-8,12,15H,2,6,9-10H2,1H3. The Balaban J connectivity index is 2.26. The van der Waals surface area contributed by atoms with Gasteiger partial charge in [0.25, 0.3) is 0 Å². The van der Waals surface area contributed by atoms with Gasteiger partial charge in [0, 0.05) is 18.8 Å². The minimum atomic E-state index is -1.01. The second-order valence-corrected chi connectivity index (χ2v) is 4.99. The van der Waals surface area contributed by atoms with Crippen molar-refractivity contribution in [3.05, 3.63) is 35.9 Å². The summed E-state index contributed by atoms with van der Waals surface area (Å²) in [6.07, 6.45) is 1.91. The number of benzene rings is 1. The molecule has 3 nitrogen and oxygen atoms in total. The number of carbonyl (C=O) groups is 3. The number of carbonyl (C=O) groups excluding carboxylic acids is 3. The highest BCUT2D eigenvalue weighted by Gasteiger charge is 2.39. The fourth-order valence-electron chi connectivity index (χ4n) is 2.71. The molecule has 1 fully saturated rings. The fourth-order valence-corrected chi connectivity index (χ4v) is 2.71.